The zero-order chi connectivity index (χ0) is 24.8. The maximum atomic E-state index is 13.3. The van der Waals surface area contributed by atoms with E-state index in [0.717, 1.165) is 0 Å². The fourth-order valence-corrected chi connectivity index (χ4v) is 3.38. The number of methoxy groups -OCH3 is 1. The van der Waals surface area contributed by atoms with Gasteiger partial charge in [-0.2, -0.15) is 13.2 Å². The molecule has 1 unspecified atom stereocenters. The smallest absolute Gasteiger partial charge is 0.452 e. The number of halogens is 3. The minimum atomic E-state index is -5.14. The number of nitrogens with one attached hydrogen (secondary N) is 1. The molecule has 0 spiro atoms. The van der Waals surface area contributed by atoms with Crippen LogP contribution >= 0.6 is 0 Å². The van der Waals surface area contributed by atoms with Gasteiger partial charge in [-0.05, 0) is 23.6 Å². The molecular formula is C22H25F3N4O4. The minimum Gasteiger partial charge on any atom is -0.497 e. The quantitative estimate of drug-likeness (QED) is 0.553. The molecule has 2 aromatic rings. The molecule has 0 aliphatic heterocycles. The monoisotopic (exact) mass is 466 g/mol. The predicted octanol–water partition coefficient (Wildman–Crippen LogP) is 2.19. The summed E-state index contributed by atoms with van der Waals surface area (Å²) >= 11 is 0. The first-order chi connectivity index (χ1) is 15.5. The molecule has 178 valence electrons. The van der Waals surface area contributed by atoms with Crippen LogP contribution in [0.4, 0.5) is 13.2 Å². The highest BCUT2D eigenvalue weighted by Crippen LogP contribution is 2.30. The van der Waals surface area contributed by atoms with E-state index in [-0.39, 0.29) is 6.42 Å². The van der Waals surface area contributed by atoms with E-state index >= 15 is 0 Å². The van der Waals surface area contributed by atoms with Crippen LogP contribution in [0.2, 0.25) is 0 Å². The van der Waals surface area contributed by atoms with Crippen LogP contribution in [0.25, 0.3) is 0 Å². The van der Waals surface area contributed by atoms with Crippen molar-refractivity contribution in [2.75, 3.05) is 7.11 Å². The van der Waals surface area contributed by atoms with Crippen molar-refractivity contribution in [2.24, 2.45) is 17.6 Å². The van der Waals surface area contributed by atoms with Gasteiger partial charge < -0.3 is 15.8 Å². The molecule has 0 saturated carbocycles. The molecule has 2 rings (SSSR count). The van der Waals surface area contributed by atoms with Crippen molar-refractivity contribution in [3.05, 3.63) is 54.1 Å². The normalized spacial score (nSPS) is 14.3. The molecule has 3 N–H and O–H groups in total. The standard InChI is InChI=1S/C22H25F3N4O4/c1-12(2)18(19(30)22(23,24)25)29-21(32)17(13-4-6-15(33-3)7-5-13)16(20(26)31)10-14-11-27-8-9-28-14/h4-9,11-12,16-18H,10H2,1-3H3,(H2,26,31)(H,29,32)/t16?,17-,18+/m1/s1. The lowest BCUT2D eigenvalue weighted by Gasteiger charge is -2.28. The van der Waals surface area contributed by atoms with Gasteiger partial charge in [0.2, 0.25) is 11.8 Å². The van der Waals surface area contributed by atoms with E-state index in [4.69, 9.17) is 10.5 Å². The predicted molar refractivity (Wildman–Crippen MR) is 112 cm³/mol. The van der Waals surface area contributed by atoms with Crippen LogP contribution < -0.4 is 15.8 Å². The second-order valence-electron chi connectivity index (χ2n) is 7.75. The van der Waals surface area contributed by atoms with E-state index in [0.29, 0.717) is 17.0 Å². The summed E-state index contributed by atoms with van der Waals surface area (Å²) < 4.78 is 44.4. The molecule has 2 amide bonds. The Morgan fingerprint density at radius 2 is 1.76 bits per heavy atom. The Balaban J connectivity index is 2.48. The topological polar surface area (TPSA) is 124 Å². The van der Waals surface area contributed by atoms with E-state index in [9.17, 15) is 27.6 Å². The lowest BCUT2D eigenvalue weighted by Crippen LogP contribution is -2.52. The van der Waals surface area contributed by atoms with Gasteiger partial charge in [0, 0.05) is 25.0 Å². The number of benzene rings is 1. The molecule has 11 heteroatoms. The molecule has 0 aliphatic carbocycles. The number of carbonyl (C=O) groups is 3. The highest BCUT2D eigenvalue weighted by molar-refractivity contribution is 5.96. The van der Waals surface area contributed by atoms with E-state index < -0.39 is 47.6 Å². The van der Waals surface area contributed by atoms with Crippen LogP contribution in [-0.2, 0) is 20.8 Å². The number of Topliss-reactive ketones (excluding diaryl/α,β-unsaturated/α-hetero) is 1. The van der Waals surface area contributed by atoms with Crippen LogP contribution in [0.15, 0.2) is 42.9 Å². The Morgan fingerprint density at radius 3 is 2.21 bits per heavy atom. The summed E-state index contributed by atoms with van der Waals surface area (Å²) in [7, 11) is 1.44. The summed E-state index contributed by atoms with van der Waals surface area (Å²) in [5, 5.41) is 2.19. The second kappa shape index (κ2) is 10.9. The first-order valence-corrected chi connectivity index (χ1v) is 10.0. The third-order valence-corrected chi connectivity index (χ3v) is 5.10. The average molecular weight is 466 g/mol. The van der Waals surface area contributed by atoms with Crippen molar-refractivity contribution in [3.8, 4) is 5.75 Å². The Bertz CT molecular complexity index is 966. The summed E-state index contributed by atoms with van der Waals surface area (Å²) in [5.41, 5.74) is 6.27. The highest BCUT2D eigenvalue weighted by atomic mass is 19.4. The number of alkyl halides is 3. The summed E-state index contributed by atoms with van der Waals surface area (Å²) in [6.45, 7) is 2.75. The number of primary amides is 1. The zero-order valence-corrected chi connectivity index (χ0v) is 18.3. The van der Waals surface area contributed by atoms with Gasteiger partial charge in [-0.1, -0.05) is 26.0 Å². The second-order valence-corrected chi connectivity index (χ2v) is 7.75. The number of aromatic nitrogens is 2. The number of nitrogens with two attached hydrogens (primary N) is 1. The number of rotatable bonds is 10. The van der Waals surface area contributed by atoms with E-state index in [1.807, 2.05) is 0 Å². The van der Waals surface area contributed by atoms with Crippen molar-refractivity contribution in [1.29, 1.82) is 0 Å². The van der Waals surface area contributed by atoms with Gasteiger partial charge in [0.05, 0.1) is 30.7 Å². The third-order valence-electron chi connectivity index (χ3n) is 5.10. The number of hydrogen-bond acceptors (Lipinski definition) is 6. The summed E-state index contributed by atoms with van der Waals surface area (Å²) in [6, 6.07) is 4.26. The van der Waals surface area contributed by atoms with E-state index in [2.05, 4.69) is 15.3 Å². The maximum Gasteiger partial charge on any atom is 0.452 e. The summed E-state index contributed by atoms with van der Waals surface area (Å²) in [6.07, 6.45) is -1.02. The van der Waals surface area contributed by atoms with E-state index in [1.165, 1.54) is 63.8 Å². The number of carbonyl (C=O) groups excluding carboxylic acids is 3. The van der Waals surface area contributed by atoms with Crippen molar-refractivity contribution in [3.63, 3.8) is 0 Å². The molecule has 1 aromatic carbocycles. The maximum absolute atomic E-state index is 13.3. The molecule has 0 aliphatic rings. The molecule has 1 heterocycles. The minimum absolute atomic E-state index is 0.0904. The third kappa shape index (κ3) is 6.74. The van der Waals surface area contributed by atoms with Crippen LogP contribution in [-0.4, -0.2) is 46.9 Å². The Kier molecular flexibility index (Phi) is 8.50. The Morgan fingerprint density at radius 1 is 1.12 bits per heavy atom. The molecule has 0 bridgehead atoms. The number of amides is 2. The number of hydrogen-bond donors (Lipinski definition) is 2. The highest BCUT2D eigenvalue weighted by Gasteiger charge is 2.46. The van der Waals surface area contributed by atoms with Crippen molar-refractivity contribution in [1.82, 2.24) is 15.3 Å². The molecule has 0 radical (unpaired) electrons. The first-order valence-electron chi connectivity index (χ1n) is 10.0. The van der Waals surface area contributed by atoms with Crippen LogP contribution in [0, 0.1) is 11.8 Å². The van der Waals surface area contributed by atoms with Gasteiger partial charge in [0.15, 0.2) is 0 Å². The largest absolute Gasteiger partial charge is 0.497 e. The first kappa shape index (κ1) is 25.8. The Labute approximate surface area is 188 Å². The fraction of sp³-hybridized carbons (Fsp3) is 0.409. The van der Waals surface area contributed by atoms with E-state index in [1.54, 1.807) is 0 Å². The number of ketones is 1. The van der Waals surface area contributed by atoms with Crippen LogP contribution in [0.5, 0.6) is 5.75 Å². The van der Waals surface area contributed by atoms with Gasteiger partial charge in [-0.15, -0.1) is 0 Å². The fourth-order valence-electron chi connectivity index (χ4n) is 3.38. The van der Waals surface area contributed by atoms with Crippen LogP contribution in [0.1, 0.15) is 31.0 Å². The lowest BCUT2D eigenvalue weighted by molar-refractivity contribution is -0.175. The average Bonchev–Trinajstić information content (AvgIpc) is 2.76. The van der Waals surface area contributed by atoms with Gasteiger partial charge in [-0.25, -0.2) is 0 Å². The molecule has 8 nitrogen and oxygen atoms in total. The van der Waals surface area contributed by atoms with Gasteiger partial charge in [-0.3, -0.25) is 24.4 Å². The van der Waals surface area contributed by atoms with Crippen molar-refractivity contribution >= 4 is 17.6 Å². The SMILES string of the molecule is COc1ccc([C@@H](C(=O)N[C@H](C(=O)C(F)(F)F)C(C)C)C(Cc2cnccn2)C(N)=O)cc1. The van der Waals surface area contributed by atoms with Gasteiger partial charge in [0.1, 0.15) is 5.75 Å². The van der Waals surface area contributed by atoms with Crippen molar-refractivity contribution < 1.29 is 32.3 Å². The zero-order valence-electron chi connectivity index (χ0n) is 18.3. The molecule has 0 fully saturated rings. The molecular weight excluding hydrogens is 441 g/mol. The number of nitrogens with zero attached hydrogens (tertiary/aromatic N) is 2. The van der Waals surface area contributed by atoms with Crippen LogP contribution in [0.3, 0.4) is 0 Å². The summed E-state index contributed by atoms with van der Waals surface area (Å²) in [4.78, 5) is 45.6. The van der Waals surface area contributed by atoms with Crippen molar-refractivity contribution in [2.45, 2.75) is 38.4 Å². The van der Waals surface area contributed by atoms with Gasteiger partial charge in [0.25, 0.3) is 5.78 Å². The Hall–Kier alpha value is -3.50. The molecule has 0 saturated heterocycles. The molecule has 33 heavy (non-hydrogen) atoms. The molecule has 3 atom stereocenters. The summed E-state index contributed by atoms with van der Waals surface area (Å²) in [5.74, 6) is -6.74. The van der Waals surface area contributed by atoms with Gasteiger partial charge >= 0.3 is 6.18 Å². The lowest BCUT2D eigenvalue weighted by atomic mass is 9.81. The molecule has 1 aromatic heterocycles. The number of ether oxygens (including phenoxy) is 1.